The van der Waals surface area contributed by atoms with Crippen LogP contribution in [0.15, 0.2) is 36.9 Å². The number of carboxylic acid groups (broad SMARTS) is 1. The number of hydrogen-bond acceptors (Lipinski definition) is 3. The Labute approximate surface area is 130 Å². The van der Waals surface area contributed by atoms with Gasteiger partial charge in [-0.1, -0.05) is 18.2 Å². The number of carbonyl (C=O) groups excluding carboxylic acids is 1. The topological polar surface area (TPSA) is 75.6 Å². The predicted octanol–water partition coefficient (Wildman–Crippen LogP) is 3.18. The Bertz CT molecular complexity index is 555. The molecule has 0 bridgehead atoms. The highest BCUT2D eigenvalue weighted by molar-refractivity contribution is 5.77. The van der Waals surface area contributed by atoms with Crippen molar-refractivity contribution in [3.63, 3.8) is 0 Å². The van der Waals surface area contributed by atoms with Gasteiger partial charge in [0.2, 0.25) is 5.91 Å². The fourth-order valence-corrected chi connectivity index (χ4v) is 1.83. The second-order valence-electron chi connectivity index (χ2n) is 4.66. The molecule has 0 spiro atoms. The third kappa shape index (κ3) is 7.35. The highest BCUT2D eigenvalue weighted by Gasteiger charge is 2.31. The quantitative estimate of drug-likeness (QED) is 0.718. The van der Waals surface area contributed by atoms with Crippen molar-refractivity contribution < 1.29 is 32.6 Å². The maximum atomic E-state index is 12.1. The lowest BCUT2D eigenvalue weighted by molar-refractivity contribution is -0.274. The van der Waals surface area contributed by atoms with Crippen molar-refractivity contribution >= 4 is 11.9 Å². The Balaban J connectivity index is 2.83. The molecule has 0 heterocycles. The minimum atomic E-state index is -4.80. The fourth-order valence-electron chi connectivity index (χ4n) is 1.83. The molecule has 1 aromatic carbocycles. The van der Waals surface area contributed by atoms with Crippen molar-refractivity contribution in [2.24, 2.45) is 0 Å². The summed E-state index contributed by atoms with van der Waals surface area (Å²) in [6.07, 6.45) is -3.06. The number of aliphatic carboxylic acids is 1. The predicted molar refractivity (Wildman–Crippen MR) is 75.7 cm³/mol. The molecule has 0 aliphatic rings. The second kappa shape index (κ2) is 8.21. The first-order valence-electron chi connectivity index (χ1n) is 6.69. The molecule has 0 radical (unpaired) electrons. The molecule has 0 saturated carbocycles. The summed E-state index contributed by atoms with van der Waals surface area (Å²) in [4.78, 5) is 22.6. The van der Waals surface area contributed by atoms with E-state index in [4.69, 9.17) is 5.11 Å². The van der Waals surface area contributed by atoms with Gasteiger partial charge in [0, 0.05) is 6.42 Å². The molecule has 126 valence electrons. The number of allylic oxidation sites excluding steroid dienone is 1. The van der Waals surface area contributed by atoms with Crippen LogP contribution in [0.4, 0.5) is 13.2 Å². The number of hydrogen-bond donors (Lipinski definition) is 2. The monoisotopic (exact) mass is 331 g/mol. The van der Waals surface area contributed by atoms with Crippen LogP contribution in [0.25, 0.3) is 0 Å². The Hall–Kier alpha value is -2.51. The van der Waals surface area contributed by atoms with Crippen molar-refractivity contribution in [3.05, 3.63) is 42.5 Å². The molecule has 1 amide bonds. The Morgan fingerprint density at radius 1 is 1.30 bits per heavy atom. The average Bonchev–Trinajstić information content (AvgIpc) is 2.43. The molecular formula is C15H16F3NO4. The van der Waals surface area contributed by atoms with Crippen molar-refractivity contribution in [2.45, 2.75) is 31.7 Å². The first kappa shape index (κ1) is 18.5. The molecule has 0 aromatic heterocycles. The number of alkyl halides is 3. The molecule has 0 saturated heterocycles. The second-order valence-corrected chi connectivity index (χ2v) is 4.66. The van der Waals surface area contributed by atoms with Crippen molar-refractivity contribution in [1.29, 1.82) is 0 Å². The molecular weight excluding hydrogens is 315 g/mol. The minimum Gasteiger partial charge on any atom is -0.481 e. The number of ether oxygens (including phenoxy) is 1. The van der Waals surface area contributed by atoms with E-state index in [2.05, 4.69) is 16.6 Å². The lowest BCUT2D eigenvalue weighted by atomic mass is 10.0. The molecule has 0 fully saturated rings. The van der Waals surface area contributed by atoms with Gasteiger partial charge < -0.3 is 15.2 Å². The summed E-state index contributed by atoms with van der Waals surface area (Å²) in [7, 11) is 0. The van der Waals surface area contributed by atoms with E-state index >= 15 is 0 Å². The zero-order valence-corrected chi connectivity index (χ0v) is 12.1. The number of carboxylic acids is 1. The zero-order chi connectivity index (χ0) is 17.5. The molecule has 1 atom stereocenters. The SMILES string of the molecule is C=CCCC(=O)NC(CC(=O)O)c1ccc(OC(F)(F)F)cc1. The van der Waals surface area contributed by atoms with Gasteiger partial charge in [0.1, 0.15) is 5.75 Å². The molecule has 0 aliphatic heterocycles. The number of rotatable bonds is 8. The summed E-state index contributed by atoms with van der Waals surface area (Å²) in [6, 6.07) is 3.84. The highest BCUT2D eigenvalue weighted by atomic mass is 19.4. The molecule has 5 nitrogen and oxygen atoms in total. The van der Waals surface area contributed by atoms with Gasteiger partial charge in [0.05, 0.1) is 12.5 Å². The lowest BCUT2D eigenvalue weighted by Gasteiger charge is -2.18. The van der Waals surface area contributed by atoms with E-state index in [9.17, 15) is 22.8 Å². The number of amides is 1. The smallest absolute Gasteiger partial charge is 0.481 e. The maximum Gasteiger partial charge on any atom is 0.573 e. The van der Waals surface area contributed by atoms with Crippen LogP contribution < -0.4 is 10.1 Å². The van der Waals surface area contributed by atoms with E-state index in [0.29, 0.717) is 12.0 Å². The summed E-state index contributed by atoms with van der Waals surface area (Å²) in [6.45, 7) is 3.48. The van der Waals surface area contributed by atoms with Crippen LogP contribution in [0.2, 0.25) is 0 Å². The van der Waals surface area contributed by atoms with Crippen LogP contribution in [0.5, 0.6) is 5.75 Å². The van der Waals surface area contributed by atoms with Crippen LogP contribution in [0.1, 0.15) is 30.9 Å². The molecule has 2 N–H and O–H groups in total. The maximum absolute atomic E-state index is 12.1. The van der Waals surface area contributed by atoms with E-state index in [1.165, 1.54) is 12.1 Å². The van der Waals surface area contributed by atoms with Gasteiger partial charge >= 0.3 is 12.3 Å². The van der Waals surface area contributed by atoms with Crippen molar-refractivity contribution in [2.75, 3.05) is 0 Å². The van der Waals surface area contributed by atoms with Gasteiger partial charge in [-0.2, -0.15) is 0 Å². The largest absolute Gasteiger partial charge is 0.573 e. The van der Waals surface area contributed by atoms with Gasteiger partial charge in [-0.05, 0) is 24.1 Å². The van der Waals surface area contributed by atoms with E-state index in [1.807, 2.05) is 0 Å². The Morgan fingerprint density at radius 2 is 1.91 bits per heavy atom. The van der Waals surface area contributed by atoms with Gasteiger partial charge in [-0.3, -0.25) is 9.59 Å². The molecule has 23 heavy (non-hydrogen) atoms. The number of nitrogens with one attached hydrogen (secondary N) is 1. The summed E-state index contributed by atoms with van der Waals surface area (Å²) in [5.41, 5.74) is 0.369. The van der Waals surface area contributed by atoms with E-state index in [0.717, 1.165) is 12.1 Å². The van der Waals surface area contributed by atoms with Crippen LogP contribution in [0, 0.1) is 0 Å². The van der Waals surface area contributed by atoms with Gasteiger partial charge in [0.15, 0.2) is 0 Å². The fraction of sp³-hybridized carbons (Fsp3) is 0.333. The first-order valence-corrected chi connectivity index (χ1v) is 6.69. The van der Waals surface area contributed by atoms with Crippen molar-refractivity contribution in [3.8, 4) is 5.75 Å². The minimum absolute atomic E-state index is 0.148. The number of carbonyl (C=O) groups is 2. The van der Waals surface area contributed by atoms with Crippen LogP contribution in [-0.2, 0) is 9.59 Å². The molecule has 1 unspecified atom stereocenters. The number of benzene rings is 1. The standard InChI is InChI=1S/C15H16F3NO4/c1-2-3-4-13(20)19-12(9-14(21)22)10-5-7-11(8-6-10)23-15(16,17)18/h2,5-8,12H,1,3-4,9H2,(H,19,20)(H,21,22). The lowest BCUT2D eigenvalue weighted by Crippen LogP contribution is -2.29. The van der Waals surface area contributed by atoms with Gasteiger partial charge in [-0.25, -0.2) is 0 Å². The van der Waals surface area contributed by atoms with Gasteiger partial charge in [0.25, 0.3) is 0 Å². The van der Waals surface area contributed by atoms with Gasteiger partial charge in [-0.15, -0.1) is 19.8 Å². The van der Waals surface area contributed by atoms with Crippen LogP contribution in [0.3, 0.4) is 0 Å². The molecule has 1 aromatic rings. The number of halogens is 3. The normalized spacial score (nSPS) is 12.3. The molecule has 8 heteroatoms. The zero-order valence-electron chi connectivity index (χ0n) is 12.1. The summed E-state index contributed by atoms with van der Waals surface area (Å²) in [5, 5.41) is 11.4. The highest BCUT2D eigenvalue weighted by Crippen LogP contribution is 2.25. The Morgan fingerprint density at radius 3 is 2.39 bits per heavy atom. The molecule has 1 rings (SSSR count). The van der Waals surface area contributed by atoms with E-state index in [-0.39, 0.29) is 18.7 Å². The Kier molecular flexibility index (Phi) is 6.62. The van der Waals surface area contributed by atoms with Crippen molar-refractivity contribution in [1.82, 2.24) is 5.32 Å². The first-order chi connectivity index (χ1) is 10.7. The third-order valence-electron chi connectivity index (χ3n) is 2.81. The summed E-state index contributed by atoms with van der Waals surface area (Å²) in [5.74, 6) is -1.94. The third-order valence-corrected chi connectivity index (χ3v) is 2.81. The summed E-state index contributed by atoms with van der Waals surface area (Å²) < 4.78 is 40.0. The average molecular weight is 331 g/mol. The molecule has 0 aliphatic carbocycles. The van der Waals surface area contributed by atoms with Crippen LogP contribution >= 0.6 is 0 Å². The summed E-state index contributed by atoms with van der Waals surface area (Å²) >= 11 is 0. The van der Waals surface area contributed by atoms with E-state index in [1.54, 1.807) is 6.08 Å². The van der Waals surface area contributed by atoms with E-state index < -0.39 is 24.1 Å². The van der Waals surface area contributed by atoms with Crippen LogP contribution in [-0.4, -0.2) is 23.3 Å².